The van der Waals surface area contributed by atoms with Gasteiger partial charge in [-0.25, -0.2) is 0 Å². The molecular weight excluding hydrogens is 257 g/mol. The van der Waals surface area contributed by atoms with Crippen molar-refractivity contribution in [3.8, 4) is 0 Å². The Morgan fingerprint density at radius 1 is 1.29 bits per heavy atom. The van der Waals surface area contributed by atoms with Gasteiger partial charge in [0, 0.05) is 28.7 Å². The first-order valence-electron chi connectivity index (χ1n) is 5.81. The summed E-state index contributed by atoms with van der Waals surface area (Å²) >= 11 is 11.8. The lowest BCUT2D eigenvalue weighted by Gasteiger charge is -2.31. The van der Waals surface area contributed by atoms with Crippen LogP contribution >= 0.6 is 23.2 Å². The van der Waals surface area contributed by atoms with E-state index in [4.69, 9.17) is 23.2 Å². The Hall–Kier alpha value is -0.730. The van der Waals surface area contributed by atoms with Crippen molar-refractivity contribution in [2.75, 3.05) is 13.1 Å². The van der Waals surface area contributed by atoms with Crippen LogP contribution in [0.1, 0.15) is 30.1 Å². The summed E-state index contributed by atoms with van der Waals surface area (Å²) in [7, 11) is 0. The molecule has 0 aromatic heterocycles. The number of hydrogen-bond acceptors (Lipinski definition) is 1. The smallest absolute Gasteiger partial charge is 0.253 e. The van der Waals surface area contributed by atoms with Crippen molar-refractivity contribution in [1.82, 2.24) is 4.90 Å². The van der Waals surface area contributed by atoms with Crippen LogP contribution in [-0.2, 0) is 0 Å². The molecule has 2 nitrogen and oxygen atoms in total. The van der Waals surface area contributed by atoms with Gasteiger partial charge in [-0.1, -0.05) is 30.1 Å². The Balaban J connectivity index is 2.18. The van der Waals surface area contributed by atoms with Crippen LogP contribution in [0.5, 0.6) is 0 Å². The number of benzene rings is 1. The van der Waals surface area contributed by atoms with Crippen molar-refractivity contribution in [3.05, 3.63) is 33.8 Å². The van der Waals surface area contributed by atoms with Crippen LogP contribution in [0.15, 0.2) is 18.2 Å². The second kappa shape index (κ2) is 5.28. The monoisotopic (exact) mass is 271 g/mol. The van der Waals surface area contributed by atoms with Gasteiger partial charge in [-0.2, -0.15) is 0 Å². The fraction of sp³-hybridized carbons (Fsp3) is 0.462. The third-order valence-corrected chi connectivity index (χ3v) is 3.49. The molecule has 0 spiro atoms. The van der Waals surface area contributed by atoms with Crippen molar-refractivity contribution < 1.29 is 4.79 Å². The summed E-state index contributed by atoms with van der Waals surface area (Å²) in [5.74, 6) is 0.600. The van der Waals surface area contributed by atoms with Gasteiger partial charge in [-0.3, -0.25) is 4.79 Å². The molecule has 0 unspecified atom stereocenters. The van der Waals surface area contributed by atoms with Gasteiger partial charge in [0.2, 0.25) is 0 Å². The molecule has 0 saturated carbocycles. The Labute approximate surface area is 112 Å². The summed E-state index contributed by atoms with van der Waals surface area (Å²) in [4.78, 5) is 14.1. The molecule has 1 fully saturated rings. The zero-order valence-electron chi connectivity index (χ0n) is 9.75. The molecule has 0 bridgehead atoms. The minimum atomic E-state index is 0.0287. The minimum absolute atomic E-state index is 0.0287. The van der Waals surface area contributed by atoms with Crippen molar-refractivity contribution in [3.63, 3.8) is 0 Å². The normalized spacial score (nSPS) is 20.4. The van der Waals surface area contributed by atoms with Crippen molar-refractivity contribution in [2.24, 2.45) is 5.92 Å². The van der Waals surface area contributed by atoms with E-state index in [0.717, 1.165) is 19.5 Å². The zero-order chi connectivity index (χ0) is 12.4. The molecule has 4 heteroatoms. The van der Waals surface area contributed by atoms with Crippen LogP contribution in [0, 0.1) is 5.92 Å². The Morgan fingerprint density at radius 2 is 1.94 bits per heavy atom. The second-order valence-corrected chi connectivity index (χ2v) is 5.53. The van der Waals surface area contributed by atoms with Crippen LogP contribution in [0.4, 0.5) is 0 Å². The Kier molecular flexibility index (Phi) is 3.95. The van der Waals surface area contributed by atoms with Gasteiger partial charge in [0.1, 0.15) is 0 Å². The molecule has 1 aliphatic heterocycles. The topological polar surface area (TPSA) is 20.3 Å². The molecular formula is C13H15Cl2NO. The number of carbonyl (C=O) groups excluding carboxylic acids is 1. The molecule has 1 amide bonds. The zero-order valence-corrected chi connectivity index (χ0v) is 11.3. The second-order valence-electron chi connectivity index (χ2n) is 4.66. The number of halogens is 2. The van der Waals surface area contributed by atoms with Crippen LogP contribution in [0.25, 0.3) is 0 Å². The predicted octanol–water partition coefficient (Wildman–Crippen LogP) is 3.87. The lowest BCUT2D eigenvalue weighted by atomic mass is 9.99. The average molecular weight is 272 g/mol. The first-order valence-corrected chi connectivity index (χ1v) is 6.57. The lowest BCUT2D eigenvalue weighted by molar-refractivity contribution is 0.0683. The Bertz CT molecular complexity index is 413. The number of carbonyl (C=O) groups is 1. The SMILES string of the molecule is C[C@@H]1CCCN(C(=O)c2cc(Cl)cc(Cl)c2)C1. The van der Waals surface area contributed by atoms with E-state index < -0.39 is 0 Å². The van der Waals surface area contributed by atoms with Crippen molar-refractivity contribution in [2.45, 2.75) is 19.8 Å². The van der Waals surface area contributed by atoms with Crippen LogP contribution in [0.3, 0.4) is 0 Å². The molecule has 0 N–H and O–H groups in total. The van der Waals surface area contributed by atoms with E-state index in [1.807, 2.05) is 4.90 Å². The van der Waals surface area contributed by atoms with Gasteiger partial charge < -0.3 is 4.90 Å². The predicted molar refractivity (Wildman–Crippen MR) is 70.8 cm³/mol. The van der Waals surface area contributed by atoms with Gasteiger partial charge >= 0.3 is 0 Å². The van der Waals surface area contributed by atoms with E-state index in [2.05, 4.69) is 6.92 Å². The van der Waals surface area contributed by atoms with E-state index in [0.29, 0.717) is 21.5 Å². The number of rotatable bonds is 1. The maximum absolute atomic E-state index is 12.3. The van der Waals surface area contributed by atoms with Crippen LogP contribution in [-0.4, -0.2) is 23.9 Å². The number of likely N-dealkylation sites (tertiary alicyclic amines) is 1. The first-order chi connectivity index (χ1) is 8.06. The molecule has 1 aromatic carbocycles. The largest absolute Gasteiger partial charge is 0.338 e. The molecule has 1 atom stereocenters. The van der Waals surface area contributed by atoms with Gasteiger partial charge in [0.25, 0.3) is 5.91 Å². The molecule has 2 rings (SSSR count). The van der Waals surface area contributed by atoms with Gasteiger partial charge in [0.15, 0.2) is 0 Å². The summed E-state index contributed by atoms with van der Waals surface area (Å²) < 4.78 is 0. The van der Waals surface area contributed by atoms with Crippen molar-refractivity contribution in [1.29, 1.82) is 0 Å². The number of amides is 1. The van der Waals surface area contributed by atoms with E-state index >= 15 is 0 Å². The molecule has 1 aromatic rings. The maximum atomic E-state index is 12.3. The highest BCUT2D eigenvalue weighted by Gasteiger charge is 2.22. The standard InChI is InChI=1S/C13H15Cl2NO/c1-9-3-2-4-16(8-9)13(17)10-5-11(14)7-12(15)6-10/h5-7,9H,2-4,8H2,1H3/t9-/m1/s1. The van der Waals surface area contributed by atoms with E-state index in [-0.39, 0.29) is 5.91 Å². The molecule has 0 radical (unpaired) electrons. The highest BCUT2D eigenvalue weighted by Crippen LogP contribution is 2.22. The molecule has 17 heavy (non-hydrogen) atoms. The third kappa shape index (κ3) is 3.14. The summed E-state index contributed by atoms with van der Waals surface area (Å²) in [6.07, 6.45) is 2.27. The van der Waals surface area contributed by atoms with Gasteiger partial charge in [-0.05, 0) is 37.0 Å². The number of nitrogens with zero attached hydrogens (tertiary/aromatic N) is 1. The first kappa shape index (κ1) is 12.7. The van der Waals surface area contributed by atoms with Crippen LogP contribution < -0.4 is 0 Å². The number of piperidine rings is 1. The minimum Gasteiger partial charge on any atom is -0.338 e. The summed E-state index contributed by atoms with van der Waals surface area (Å²) in [5, 5.41) is 1.01. The number of hydrogen-bond donors (Lipinski definition) is 0. The molecule has 1 saturated heterocycles. The van der Waals surface area contributed by atoms with Crippen molar-refractivity contribution >= 4 is 29.1 Å². The summed E-state index contributed by atoms with van der Waals surface area (Å²) in [6.45, 7) is 3.82. The molecule has 0 aliphatic carbocycles. The average Bonchev–Trinajstić information content (AvgIpc) is 2.26. The van der Waals surface area contributed by atoms with Crippen LogP contribution in [0.2, 0.25) is 10.0 Å². The quantitative estimate of drug-likeness (QED) is 0.760. The van der Waals surface area contributed by atoms with E-state index in [1.54, 1.807) is 18.2 Å². The fourth-order valence-electron chi connectivity index (χ4n) is 2.23. The Morgan fingerprint density at radius 3 is 2.53 bits per heavy atom. The van der Waals surface area contributed by atoms with Gasteiger partial charge in [0.05, 0.1) is 0 Å². The molecule has 1 aliphatic rings. The third-order valence-electron chi connectivity index (χ3n) is 3.05. The van der Waals surface area contributed by atoms with E-state index in [9.17, 15) is 4.79 Å². The highest BCUT2D eigenvalue weighted by atomic mass is 35.5. The van der Waals surface area contributed by atoms with Gasteiger partial charge in [-0.15, -0.1) is 0 Å². The summed E-state index contributed by atoms with van der Waals surface area (Å²) in [5.41, 5.74) is 0.580. The van der Waals surface area contributed by atoms with E-state index in [1.165, 1.54) is 6.42 Å². The maximum Gasteiger partial charge on any atom is 0.253 e. The highest BCUT2D eigenvalue weighted by molar-refractivity contribution is 6.35. The molecule has 92 valence electrons. The molecule has 1 heterocycles. The summed E-state index contributed by atoms with van der Waals surface area (Å²) in [6, 6.07) is 4.99. The fourth-order valence-corrected chi connectivity index (χ4v) is 2.76. The lowest BCUT2D eigenvalue weighted by Crippen LogP contribution is -2.39.